The molecule has 1 saturated heterocycles. The van der Waals surface area contributed by atoms with Gasteiger partial charge in [-0.15, -0.1) is 0 Å². The summed E-state index contributed by atoms with van der Waals surface area (Å²) in [5.74, 6) is 0.733. The van der Waals surface area contributed by atoms with Gasteiger partial charge in [-0.2, -0.15) is 11.8 Å². The molecule has 3 atom stereocenters. The van der Waals surface area contributed by atoms with Crippen molar-refractivity contribution in [2.75, 3.05) is 26.2 Å². The lowest BCUT2D eigenvalue weighted by Gasteiger charge is -2.36. The molecule has 0 bridgehead atoms. The highest BCUT2D eigenvalue weighted by Gasteiger charge is 2.23. The van der Waals surface area contributed by atoms with Crippen LogP contribution in [0.1, 0.15) is 41.5 Å². The molecule has 1 heterocycles. The lowest BCUT2D eigenvalue weighted by Crippen LogP contribution is -2.45. The van der Waals surface area contributed by atoms with Crippen LogP contribution in [-0.2, 0) is 0 Å². The van der Waals surface area contributed by atoms with Gasteiger partial charge in [-0.05, 0) is 33.2 Å². The van der Waals surface area contributed by atoms with E-state index < -0.39 is 0 Å². The second-order valence-corrected chi connectivity index (χ2v) is 8.59. The summed E-state index contributed by atoms with van der Waals surface area (Å²) in [7, 11) is 0. The molecule has 0 aliphatic carbocycles. The van der Waals surface area contributed by atoms with Gasteiger partial charge in [0, 0.05) is 35.7 Å². The topological polar surface area (TPSA) is 15.3 Å². The van der Waals surface area contributed by atoms with Crippen LogP contribution in [-0.4, -0.2) is 47.1 Å². The molecule has 1 aliphatic heterocycles. The van der Waals surface area contributed by atoms with Gasteiger partial charge in [0.2, 0.25) is 0 Å². The number of hydrogen-bond acceptors (Lipinski definition) is 3. The third-order valence-electron chi connectivity index (χ3n) is 3.05. The van der Waals surface area contributed by atoms with Gasteiger partial charge < -0.3 is 10.2 Å². The molecule has 1 rings (SSSR count). The fourth-order valence-electron chi connectivity index (χ4n) is 2.42. The zero-order valence-corrected chi connectivity index (χ0v) is 13.2. The van der Waals surface area contributed by atoms with Crippen molar-refractivity contribution >= 4 is 11.8 Å². The van der Waals surface area contributed by atoms with E-state index in [4.69, 9.17) is 0 Å². The molecule has 3 heteroatoms. The summed E-state index contributed by atoms with van der Waals surface area (Å²) in [6.45, 7) is 18.6. The minimum atomic E-state index is 0.243. The molecule has 0 amide bonds. The van der Waals surface area contributed by atoms with E-state index in [1.54, 1.807) is 0 Å². The largest absolute Gasteiger partial charge is 0.312 e. The Morgan fingerprint density at radius 3 is 2.24 bits per heavy atom. The number of hydrogen-bond donors (Lipinski definition) is 1. The Labute approximate surface area is 112 Å². The maximum Gasteiger partial charge on any atom is 0.0149 e. The average Bonchev–Trinajstić information content (AvgIpc) is 2.11. The number of thioether (sulfide) groups is 1. The van der Waals surface area contributed by atoms with E-state index in [0.717, 1.165) is 23.0 Å². The first-order valence-corrected chi connectivity index (χ1v) is 7.83. The smallest absolute Gasteiger partial charge is 0.0149 e. The van der Waals surface area contributed by atoms with Gasteiger partial charge in [0.15, 0.2) is 0 Å². The van der Waals surface area contributed by atoms with Gasteiger partial charge >= 0.3 is 0 Å². The monoisotopic (exact) mass is 258 g/mol. The number of nitrogens with one attached hydrogen (secondary N) is 1. The highest BCUT2D eigenvalue weighted by molar-refractivity contribution is 8.00. The van der Waals surface area contributed by atoms with Crippen molar-refractivity contribution in [2.24, 2.45) is 5.92 Å². The molecule has 0 aromatic rings. The molecule has 0 aromatic carbocycles. The van der Waals surface area contributed by atoms with Crippen LogP contribution in [0.3, 0.4) is 0 Å². The summed E-state index contributed by atoms with van der Waals surface area (Å²) < 4.78 is 0. The lowest BCUT2D eigenvalue weighted by molar-refractivity contribution is 0.225. The van der Waals surface area contributed by atoms with Gasteiger partial charge in [0.25, 0.3) is 0 Å². The Morgan fingerprint density at radius 1 is 1.24 bits per heavy atom. The second kappa shape index (κ2) is 6.44. The Bertz CT molecular complexity index is 215. The van der Waals surface area contributed by atoms with Crippen LogP contribution >= 0.6 is 11.8 Å². The zero-order chi connectivity index (χ0) is 13.1. The predicted octanol–water partition coefficient (Wildman–Crippen LogP) is 2.84. The molecule has 0 saturated carbocycles. The minimum Gasteiger partial charge on any atom is -0.312 e. The fraction of sp³-hybridized carbons (Fsp3) is 1.00. The molecular formula is C14H30N2S. The van der Waals surface area contributed by atoms with Crippen LogP contribution in [0.25, 0.3) is 0 Å². The molecule has 102 valence electrons. The highest BCUT2D eigenvalue weighted by Crippen LogP contribution is 2.25. The summed E-state index contributed by atoms with van der Waals surface area (Å²) in [4.78, 5) is 2.64. The van der Waals surface area contributed by atoms with Crippen molar-refractivity contribution in [1.29, 1.82) is 0 Å². The van der Waals surface area contributed by atoms with Crippen LogP contribution in [0, 0.1) is 5.92 Å². The summed E-state index contributed by atoms with van der Waals surface area (Å²) in [6.07, 6.45) is 0. The van der Waals surface area contributed by atoms with Crippen LogP contribution in [0.2, 0.25) is 0 Å². The molecule has 0 radical (unpaired) electrons. The lowest BCUT2D eigenvalue weighted by atomic mass is 10.1. The van der Waals surface area contributed by atoms with E-state index in [2.05, 4.69) is 63.5 Å². The van der Waals surface area contributed by atoms with E-state index in [1.165, 1.54) is 19.6 Å². The van der Waals surface area contributed by atoms with Gasteiger partial charge in [-0.1, -0.05) is 20.8 Å². The minimum absolute atomic E-state index is 0.243. The molecule has 1 N–H and O–H groups in total. The summed E-state index contributed by atoms with van der Waals surface area (Å²) in [5, 5.41) is 5.19. The third-order valence-corrected chi connectivity index (χ3v) is 4.27. The third kappa shape index (κ3) is 6.68. The SMILES string of the molecule is CC(CNC(C)(C)C)CN1CC(C)SC(C)C1. The van der Waals surface area contributed by atoms with Crippen molar-refractivity contribution in [3.8, 4) is 0 Å². The van der Waals surface area contributed by atoms with Gasteiger partial charge in [0.05, 0.1) is 0 Å². The Balaban J connectivity index is 2.28. The fourth-order valence-corrected chi connectivity index (χ4v) is 3.81. The van der Waals surface area contributed by atoms with Crippen molar-refractivity contribution in [3.63, 3.8) is 0 Å². The first-order chi connectivity index (χ1) is 7.76. The van der Waals surface area contributed by atoms with E-state index in [1.807, 2.05) is 0 Å². The Hall–Kier alpha value is 0.270. The van der Waals surface area contributed by atoms with E-state index in [0.29, 0.717) is 0 Å². The van der Waals surface area contributed by atoms with Crippen LogP contribution < -0.4 is 5.32 Å². The van der Waals surface area contributed by atoms with Gasteiger partial charge in [-0.3, -0.25) is 0 Å². The maximum atomic E-state index is 3.60. The van der Waals surface area contributed by atoms with Crippen molar-refractivity contribution in [1.82, 2.24) is 10.2 Å². The van der Waals surface area contributed by atoms with Gasteiger partial charge in [0.1, 0.15) is 0 Å². The van der Waals surface area contributed by atoms with Crippen molar-refractivity contribution in [2.45, 2.75) is 57.6 Å². The normalized spacial score (nSPS) is 29.3. The summed E-state index contributed by atoms with van der Waals surface area (Å²) in [6, 6.07) is 0. The van der Waals surface area contributed by atoms with Crippen molar-refractivity contribution < 1.29 is 0 Å². The Morgan fingerprint density at radius 2 is 1.76 bits per heavy atom. The standard InChI is InChI=1S/C14H30N2S/c1-11(7-15-14(4,5)6)8-16-9-12(2)17-13(3)10-16/h11-13,15H,7-10H2,1-6H3. The first-order valence-electron chi connectivity index (χ1n) is 6.89. The summed E-state index contributed by atoms with van der Waals surface area (Å²) in [5.41, 5.74) is 0.243. The van der Waals surface area contributed by atoms with Crippen LogP contribution in [0.15, 0.2) is 0 Å². The molecule has 0 aromatic heterocycles. The zero-order valence-electron chi connectivity index (χ0n) is 12.4. The molecular weight excluding hydrogens is 228 g/mol. The number of rotatable bonds is 4. The molecule has 2 nitrogen and oxygen atoms in total. The van der Waals surface area contributed by atoms with E-state index in [-0.39, 0.29) is 5.54 Å². The average molecular weight is 258 g/mol. The molecule has 1 fully saturated rings. The second-order valence-electron chi connectivity index (χ2n) is 6.71. The summed E-state index contributed by atoms with van der Waals surface area (Å²) >= 11 is 2.13. The van der Waals surface area contributed by atoms with E-state index in [9.17, 15) is 0 Å². The van der Waals surface area contributed by atoms with Crippen LogP contribution in [0.5, 0.6) is 0 Å². The quantitative estimate of drug-likeness (QED) is 0.835. The Kier molecular flexibility index (Phi) is 5.81. The maximum absolute atomic E-state index is 3.60. The van der Waals surface area contributed by atoms with E-state index >= 15 is 0 Å². The molecule has 17 heavy (non-hydrogen) atoms. The molecule has 0 spiro atoms. The molecule has 1 aliphatic rings. The van der Waals surface area contributed by atoms with Gasteiger partial charge in [-0.25, -0.2) is 0 Å². The van der Waals surface area contributed by atoms with Crippen molar-refractivity contribution in [3.05, 3.63) is 0 Å². The number of nitrogens with zero attached hydrogens (tertiary/aromatic N) is 1. The predicted molar refractivity (Wildman–Crippen MR) is 79.9 cm³/mol. The molecule has 3 unspecified atom stereocenters. The first kappa shape index (κ1) is 15.3. The van der Waals surface area contributed by atoms with Crippen LogP contribution in [0.4, 0.5) is 0 Å². The highest BCUT2D eigenvalue weighted by atomic mass is 32.2.